The van der Waals surface area contributed by atoms with E-state index in [1.54, 1.807) is 6.92 Å². The van der Waals surface area contributed by atoms with Gasteiger partial charge >= 0.3 is 12.1 Å². The van der Waals surface area contributed by atoms with Crippen molar-refractivity contribution in [2.75, 3.05) is 6.54 Å². The number of benzene rings is 1. The number of alkyl halides is 3. The van der Waals surface area contributed by atoms with Gasteiger partial charge in [0, 0.05) is 25.2 Å². The fraction of sp³-hybridized carbons (Fsp3) is 0.417. The van der Waals surface area contributed by atoms with Gasteiger partial charge < -0.3 is 4.90 Å². The van der Waals surface area contributed by atoms with Crippen LogP contribution in [-0.2, 0) is 11.3 Å². The second kappa shape index (κ2) is 4.77. The fourth-order valence-electron chi connectivity index (χ4n) is 2.36. The highest BCUT2D eigenvalue weighted by atomic mass is 19.4. The number of halogens is 3. The summed E-state index contributed by atoms with van der Waals surface area (Å²) in [4.78, 5) is 22.0. The molecule has 1 aliphatic rings. The van der Waals surface area contributed by atoms with E-state index in [9.17, 15) is 28.1 Å². The smallest absolute Gasteiger partial charge is 0.330 e. The largest absolute Gasteiger partial charge is 0.471 e. The number of nitro benzene ring substituents is 1. The zero-order chi connectivity index (χ0) is 15.1. The Balaban J connectivity index is 2.34. The minimum Gasteiger partial charge on any atom is -0.330 e. The summed E-state index contributed by atoms with van der Waals surface area (Å²) in [6, 6.07) is 4.08. The molecule has 1 heterocycles. The van der Waals surface area contributed by atoms with Gasteiger partial charge in [0.1, 0.15) is 0 Å². The zero-order valence-corrected chi connectivity index (χ0v) is 10.5. The maximum atomic E-state index is 12.4. The highest BCUT2D eigenvalue weighted by Crippen LogP contribution is 2.32. The number of fused-ring (bicyclic) bond motifs is 1. The molecule has 0 bridgehead atoms. The lowest BCUT2D eigenvalue weighted by Crippen LogP contribution is -2.44. The van der Waals surface area contributed by atoms with Gasteiger partial charge in [0.15, 0.2) is 0 Å². The summed E-state index contributed by atoms with van der Waals surface area (Å²) in [5.41, 5.74) is 0.926. The summed E-state index contributed by atoms with van der Waals surface area (Å²) in [6.07, 6.45) is -4.93. The van der Waals surface area contributed by atoms with E-state index < -0.39 is 17.0 Å². The Bertz CT molecular complexity index is 572. The topological polar surface area (TPSA) is 63.5 Å². The van der Waals surface area contributed by atoms with Gasteiger partial charge in [-0.1, -0.05) is 13.0 Å². The van der Waals surface area contributed by atoms with Gasteiger partial charge in [-0.3, -0.25) is 14.9 Å². The molecule has 0 saturated carbocycles. The highest BCUT2D eigenvalue weighted by molar-refractivity contribution is 5.82. The Morgan fingerprint density at radius 3 is 2.65 bits per heavy atom. The molecule has 1 atom stereocenters. The van der Waals surface area contributed by atoms with Crippen molar-refractivity contribution in [3.05, 3.63) is 39.4 Å². The lowest BCUT2D eigenvalue weighted by atomic mass is 9.90. The molecule has 2 rings (SSSR count). The second-order valence-corrected chi connectivity index (χ2v) is 4.72. The zero-order valence-electron chi connectivity index (χ0n) is 10.5. The molecule has 0 aromatic heterocycles. The molecule has 1 aliphatic heterocycles. The van der Waals surface area contributed by atoms with Gasteiger partial charge in [0.25, 0.3) is 5.69 Å². The van der Waals surface area contributed by atoms with E-state index in [0.29, 0.717) is 10.5 Å². The molecule has 0 N–H and O–H groups in total. The van der Waals surface area contributed by atoms with E-state index in [2.05, 4.69) is 0 Å². The number of rotatable bonds is 1. The Kier molecular flexibility index (Phi) is 3.41. The van der Waals surface area contributed by atoms with Crippen LogP contribution in [0.15, 0.2) is 18.2 Å². The number of nitro groups is 1. The van der Waals surface area contributed by atoms with E-state index in [4.69, 9.17) is 0 Å². The van der Waals surface area contributed by atoms with Gasteiger partial charge in [0.05, 0.1) is 4.92 Å². The summed E-state index contributed by atoms with van der Waals surface area (Å²) in [5, 5.41) is 10.7. The Morgan fingerprint density at radius 1 is 1.45 bits per heavy atom. The maximum absolute atomic E-state index is 12.4. The van der Waals surface area contributed by atoms with E-state index in [1.807, 2.05) is 0 Å². The minimum atomic E-state index is -4.93. The average Bonchev–Trinajstić information content (AvgIpc) is 2.35. The molecule has 0 spiro atoms. The molecule has 20 heavy (non-hydrogen) atoms. The summed E-state index contributed by atoms with van der Waals surface area (Å²) < 4.78 is 37.3. The number of non-ortho nitro benzene ring substituents is 1. The number of hydrogen-bond donors (Lipinski definition) is 0. The summed E-state index contributed by atoms with van der Waals surface area (Å²) in [7, 11) is 0. The van der Waals surface area contributed by atoms with Crippen LogP contribution in [-0.4, -0.2) is 28.5 Å². The first-order chi connectivity index (χ1) is 9.20. The van der Waals surface area contributed by atoms with E-state index in [1.165, 1.54) is 18.2 Å². The predicted molar refractivity (Wildman–Crippen MR) is 63.0 cm³/mol. The van der Waals surface area contributed by atoms with Gasteiger partial charge in [-0.2, -0.15) is 13.2 Å². The van der Waals surface area contributed by atoms with Crippen LogP contribution in [0.5, 0.6) is 0 Å². The first-order valence-corrected chi connectivity index (χ1v) is 5.83. The maximum Gasteiger partial charge on any atom is 0.471 e. The van der Waals surface area contributed by atoms with E-state index >= 15 is 0 Å². The first-order valence-electron chi connectivity index (χ1n) is 5.83. The molecular formula is C12H11F3N2O3. The minimum absolute atomic E-state index is 0.0524. The molecule has 0 unspecified atom stereocenters. The Labute approximate surface area is 112 Å². The third-order valence-corrected chi connectivity index (χ3v) is 3.25. The Hall–Kier alpha value is -2.12. The van der Waals surface area contributed by atoms with Gasteiger partial charge in [0.2, 0.25) is 0 Å². The van der Waals surface area contributed by atoms with Crippen LogP contribution in [0.3, 0.4) is 0 Å². The highest BCUT2D eigenvalue weighted by Gasteiger charge is 2.44. The molecule has 1 aromatic rings. The van der Waals surface area contributed by atoms with Crippen molar-refractivity contribution in [3.8, 4) is 0 Å². The monoisotopic (exact) mass is 288 g/mol. The van der Waals surface area contributed by atoms with Crippen molar-refractivity contribution in [2.45, 2.75) is 25.6 Å². The quantitative estimate of drug-likeness (QED) is 0.589. The average molecular weight is 288 g/mol. The van der Waals surface area contributed by atoms with Crippen molar-refractivity contribution in [2.24, 2.45) is 0 Å². The molecule has 8 heteroatoms. The van der Waals surface area contributed by atoms with Gasteiger partial charge in [-0.25, -0.2) is 0 Å². The number of carbonyl (C=O) groups is 1. The standard InChI is InChI=1S/C12H11F3N2O3/c1-7-5-16(11(18)12(13,14)15)6-8-4-9(17(19)20)2-3-10(7)8/h2-4,7H,5-6H2,1H3/t7-/m0/s1. The molecule has 1 aromatic carbocycles. The second-order valence-electron chi connectivity index (χ2n) is 4.72. The van der Waals surface area contributed by atoms with Crippen molar-refractivity contribution >= 4 is 11.6 Å². The molecular weight excluding hydrogens is 277 g/mol. The van der Waals surface area contributed by atoms with Crippen LogP contribution in [0, 0.1) is 10.1 Å². The molecule has 5 nitrogen and oxygen atoms in total. The van der Waals surface area contributed by atoms with Crippen LogP contribution in [0.25, 0.3) is 0 Å². The molecule has 0 fully saturated rings. The lowest BCUT2D eigenvalue weighted by Gasteiger charge is -2.33. The molecule has 0 radical (unpaired) electrons. The third-order valence-electron chi connectivity index (χ3n) is 3.25. The van der Waals surface area contributed by atoms with Crippen molar-refractivity contribution in [3.63, 3.8) is 0 Å². The number of hydrogen-bond acceptors (Lipinski definition) is 3. The van der Waals surface area contributed by atoms with Crippen molar-refractivity contribution in [1.82, 2.24) is 4.90 Å². The number of carbonyl (C=O) groups excluding carboxylic acids is 1. The summed E-state index contributed by atoms with van der Waals surface area (Å²) in [5.74, 6) is -2.22. The molecule has 1 amide bonds. The summed E-state index contributed by atoms with van der Waals surface area (Å²) in [6.45, 7) is 1.36. The Morgan fingerprint density at radius 2 is 2.10 bits per heavy atom. The molecule has 0 aliphatic carbocycles. The van der Waals surface area contributed by atoms with Gasteiger partial charge in [-0.15, -0.1) is 0 Å². The van der Waals surface area contributed by atoms with Gasteiger partial charge in [-0.05, 0) is 17.0 Å². The lowest BCUT2D eigenvalue weighted by molar-refractivity contribution is -0.385. The van der Waals surface area contributed by atoms with E-state index in [0.717, 1.165) is 5.56 Å². The van der Waals surface area contributed by atoms with Crippen LogP contribution >= 0.6 is 0 Å². The SMILES string of the molecule is C[C@H]1CN(C(=O)C(F)(F)F)Cc2cc([N+](=O)[O-])ccc21. The van der Waals surface area contributed by atoms with Crippen LogP contribution in [0.1, 0.15) is 24.0 Å². The predicted octanol–water partition coefficient (Wildman–Crippen LogP) is 2.60. The first kappa shape index (κ1) is 14.3. The third kappa shape index (κ3) is 2.59. The number of amides is 1. The van der Waals surface area contributed by atoms with Crippen LogP contribution < -0.4 is 0 Å². The van der Waals surface area contributed by atoms with E-state index in [-0.39, 0.29) is 24.7 Å². The number of nitrogens with zero attached hydrogens (tertiary/aromatic N) is 2. The van der Waals surface area contributed by atoms with Crippen molar-refractivity contribution in [1.29, 1.82) is 0 Å². The molecule has 0 saturated heterocycles. The fourth-order valence-corrected chi connectivity index (χ4v) is 2.36. The summed E-state index contributed by atoms with van der Waals surface area (Å²) >= 11 is 0. The normalized spacial score (nSPS) is 18.6. The molecule has 108 valence electrons. The van der Waals surface area contributed by atoms with Crippen molar-refractivity contribution < 1.29 is 22.9 Å². The van der Waals surface area contributed by atoms with Crippen LogP contribution in [0.2, 0.25) is 0 Å². The van der Waals surface area contributed by atoms with Crippen LogP contribution in [0.4, 0.5) is 18.9 Å².